The molecule has 0 saturated carbocycles. The van der Waals surface area contributed by atoms with Gasteiger partial charge in [0, 0.05) is 5.04 Å². The third kappa shape index (κ3) is 1.97. The van der Waals surface area contributed by atoms with Gasteiger partial charge in [0.05, 0.1) is 0 Å². The molecule has 0 bridgehead atoms. The fourth-order valence-electron chi connectivity index (χ4n) is 2.90. The fourth-order valence-corrected chi connectivity index (χ4v) is 4.26. The molecule has 2 heteroatoms. The molecule has 0 fully saturated rings. The van der Waals surface area contributed by atoms with Crippen LogP contribution in [0.1, 0.15) is 12.0 Å². The van der Waals surface area contributed by atoms with E-state index in [1.54, 1.807) is 0 Å². The summed E-state index contributed by atoms with van der Waals surface area (Å²) < 4.78 is 0. The van der Waals surface area contributed by atoms with Crippen LogP contribution in [0.15, 0.2) is 66.8 Å². The lowest BCUT2D eigenvalue weighted by molar-refractivity contribution is 0.521. The molecular weight excluding hydrogens is 248 g/mol. The van der Waals surface area contributed by atoms with E-state index in [4.69, 9.17) is 0 Å². The lowest BCUT2D eigenvalue weighted by atomic mass is 9.87. The van der Waals surface area contributed by atoms with Crippen LogP contribution in [0.4, 0.5) is 0 Å². The van der Waals surface area contributed by atoms with E-state index in [0.29, 0.717) is 0 Å². The van der Waals surface area contributed by atoms with E-state index in [0.717, 1.165) is 6.42 Å². The Morgan fingerprint density at radius 2 is 1.84 bits per heavy atom. The average molecular weight is 265 g/mol. The minimum atomic E-state index is -1.48. The largest absolute Gasteiger partial charge is 0.430 e. The molecule has 1 nitrogen and oxygen atoms in total. The van der Waals surface area contributed by atoms with E-state index in [1.807, 2.05) is 6.55 Å². The molecule has 1 atom stereocenters. The Morgan fingerprint density at radius 1 is 1.05 bits per heavy atom. The summed E-state index contributed by atoms with van der Waals surface area (Å²) in [7, 11) is -1.48. The van der Waals surface area contributed by atoms with Crippen molar-refractivity contribution in [1.29, 1.82) is 0 Å². The molecule has 1 radical (unpaired) electrons. The highest BCUT2D eigenvalue weighted by Crippen LogP contribution is 2.38. The van der Waals surface area contributed by atoms with Crippen molar-refractivity contribution < 1.29 is 4.80 Å². The maximum absolute atomic E-state index is 10.5. The van der Waals surface area contributed by atoms with Crippen LogP contribution in [0.5, 0.6) is 0 Å². The van der Waals surface area contributed by atoms with Crippen molar-refractivity contribution in [2.75, 3.05) is 0 Å². The van der Waals surface area contributed by atoms with Gasteiger partial charge in [0.25, 0.3) is 0 Å². The predicted molar refractivity (Wildman–Crippen MR) is 82.4 cm³/mol. The Hall–Kier alpha value is -1.64. The number of allylic oxidation sites excluding steroid dienone is 4. The van der Waals surface area contributed by atoms with E-state index in [-0.39, 0.29) is 5.04 Å². The first-order valence-corrected chi connectivity index (χ1v) is 8.54. The molecule has 3 rings (SSSR count). The van der Waals surface area contributed by atoms with Crippen LogP contribution in [0.2, 0.25) is 6.55 Å². The molecule has 2 aromatic carbocycles. The van der Waals surface area contributed by atoms with E-state index >= 15 is 0 Å². The van der Waals surface area contributed by atoms with Crippen molar-refractivity contribution in [1.82, 2.24) is 0 Å². The molecule has 0 amide bonds. The Labute approximate surface area is 115 Å². The van der Waals surface area contributed by atoms with Crippen molar-refractivity contribution >= 4 is 19.8 Å². The second kappa shape index (κ2) is 4.80. The first-order valence-electron chi connectivity index (χ1n) is 6.60. The molecule has 0 spiro atoms. The number of fused-ring (bicyclic) bond motifs is 1. The van der Waals surface area contributed by atoms with Gasteiger partial charge < -0.3 is 4.80 Å². The summed E-state index contributed by atoms with van der Waals surface area (Å²) in [4.78, 5) is 10.5. The number of hydrogen-bond donors (Lipinski definition) is 1. The molecule has 1 aliphatic rings. The maximum atomic E-state index is 10.5. The molecule has 19 heavy (non-hydrogen) atoms. The topological polar surface area (TPSA) is 20.2 Å². The minimum absolute atomic E-state index is 0.208. The SMILES string of the molecule is C[Si](O)C1(c2cccc3ccccc23)C=CC=CC1. The average Bonchev–Trinajstić information content (AvgIpc) is 2.47. The molecule has 0 heterocycles. The predicted octanol–water partition coefficient (Wildman–Crippen LogP) is 3.75. The Bertz CT molecular complexity index is 652. The maximum Gasteiger partial charge on any atom is 0.219 e. The molecule has 1 unspecified atom stereocenters. The smallest absolute Gasteiger partial charge is 0.219 e. The normalized spacial score (nSPS) is 22.3. The van der Waals surface area contributed by atoms with Crippen molar-refractivity contribution in [3.63, 3.8) is 0 Å². The summed E-state index contributed by atoms with van der Waals surface area (Å²) in [5, 5.41) is 2.29. The van der Waals surface area contributed by atoms with Gasteiger partial charge >= 0.3 is 0 Å². The van der Waals surface area contributed by atoms with Crippen LogP contribution in [0.3, 0.4) is 0 Å². The highest BCUT2D eigenvalue weighted by molar-refractivity contribution is 6.54. The Balaban J connectivity index is 2.27. The van der Waals surface area contributed by atoms with E-state index in [1.165, 1.54) is 16.3 Å². The summed E-state index contributed by atoms with van der Waals surface area (Å²) in [5.74, 6) is 0. The molecular formula is C17H17OSi. The first-order chi connectivity index (χ1) is 9.24. The Morgan fingerprint density at radius 3 is 2.58 bits per heavy atom. The molecule has 0 aliphatic heterocycles. The molecule has 1 N–H and O–H groups in total. The van der Waals surface area contributed by atoms with Gasteiger partial charge in [-0.2, -0.15) is 0 Å². The van der Waals surface area contributed by atoms with Gasteiger partial charge in [0.15, 0.2) is 0 Å². The van der Waals surface area contributed by atoms with E-state index < -0.39 is 9.04 Å². The van der Waals surface area contributed by atoms with Crippen LogP contribution in [-0.4, -0.2) is 13.8 Å². The second-order valence-electron chi connectivity index (χ2n) is 5.07. The zero-order valence-electron chi connectivity index (χ0n) is 11.0. The van der Waals surface area contributed by atoms with Gasteiger partial charge in [-0.25, -0.2) is 0 Å². The zero-order chi connectivity index (χ0) is 13.3. The fraction of sp³-hybridized carbons (Fsp3) is 0.176. The van der Waals surface area contributed by atoms with Gasteiger partial charge in [-0.05, 0) is 29.3 Å². The minimum Gasteiger partial charge on any atom is -0.430 e. The second-order valence-corrected chi connectivity index (χ2v) is 7.14. The third-order valence-electron chi connectivity index (χ3n) is 3.98. The number of hydrogen-bond acceptors (Lipinski definition) is 1. The van der Waals surface area contributed by atoms with Crippen LogP contribution < -0.4 is 0 Å². The molecule has 95 valence electrons. The highest BCUT2D eigenvalue weighted by Gasteiger charge is 2.37. The lowest BCUT2D eigenvalue weighted by Gasteiger charge is -2.34. The highest BCUT2D eigenvalue weighted by atomic mass is 28.3. The van der Waals surface area contributed by atoms with Crippen LogP contribution in [-0.2, 0) is 5.04 Å². The summed E-state index contributed by atoms with van der Waals surface area (Å²) >= 11 is 0. The van der Waals surface area contributed by atoms with Gasteiger partial charge in [0.1, 0.15) is 0 Å². The first kappa shape index (κ1) is 12.4. The molecule has 1 aliphatic carbocycles. The summed E-state index contributed by atoms with van der Waals surface area (Å²) in [6, 6.07) is 14.8. The zero-order valence-corrected chi connectivity index (χ0v) is 12.0. The quantitative estimate of drug-likeness (QED) is 0.820. The summed E-state index contributed by atoms with van der Waals surface area (Å²) in [5.41, 5.74) is 1.25. The van der Waals surface area contributed by atoms with E-state index in [2.05, 4.69) is 66.8 Å². The van der Waals surface area contributed by atoms with Crippen molar-refractivity contribution in [3.8, 4) is 0 Å². The number of rotatable bonds is 2. The van der Waals surface area contributed by atoms with Gasteiger partial charge in [-0.1, -0.05) is 66.8 Å². The van der Waals surface area contributed by atoms with Crippen LogP contribution in [0, 0.1) is 0 Å². The van der Waals surface area contributed by atoms with Crippen molar-refractivity contribution in [2.45, 2.75) is 18.0 Å². The standard InChI is InChI=1S/C17H17OSi/c1-19(18)17(12-5-2-6-13-17)16-11-7-9-14-8-3-4-10-15(14)16/h2-12,18H,13H2,1H3. The molecule has 0 saturated heterocycles. The van der Waals surface area contributed by atoms with Gasteiger partial charge in [-0.15, -0.1) is 0 Å². The monoisotopic (exact) mass is 265 g/mol. The number of benzene rings is 2. The lowest BCUT2D eigenvalue weighted by Crippen LogP contribution is -2.40. The van der Waals surface area contributed by atoms with Crippen LogP contribution >= 0.6 is 0 Å². The van der Waals surface area contributed by atoms with Gasteiger partial charge in [0.2, 0.25) is 9.04 Å². The summed E-state index contributed by atoms with van der Waals surface area (Å²) in [6.45, 7) is 1.98. The molecule has 2 aromatic rings. The van der Waals surface area contributed by atoms with Crippen molar-refractivity contribution in [2.24, 2.45) is 0 Å². The Kier molecular flexibility index (Phi) is 3.13. The summed E-state index contributed by atoms with van der Waals surface area (Å²) in [6.07, 6.45) is 9.36. The van der Waals surface area contributed by atoms with Crippen molar-refractivity contribution in [3.05, 3.63) is 72.3 Å². The molecule has 0 aromatic heterocycles. The van der Waals surface area contributed by atoms with Crippen LogP contribution in [0.25, 0.3) is 10.8 Å². The van der Waals surface area contributed by atoms with E-state index in [9.17, 15) is 4.80 Å². The van der Waals surface area contributed by atoms with Gasteiger partial charge in [-0.3, -0.25) is 0 Å². The third-order valence-corrected chi connectivity index (χ3v) is 5.92.